The van der Waals surface area contributed by atoms with E-state index in [1.165, 1.54) is 5.56 Å². The number of carbonyl (C=O) groups is 1. The maximum Gasteiger partial charge on any atom is 0.133 e. The van der Waals surface area contributed by atoms with Gasteiger partial charge >= 0.3 is 0 Å². The van der Waals surface area contributed by atoms with Crippen LogP contribution >= 0.6 is 0 Å². The van der Waals surface area contributed by atoms with Crippen LogP contribution in [0.3, 0.4) is 0 Å². The van der Waals surface area contributed by atoms with Gasteiger partial charge in [0.05, 0.1) is 0 Å². The van der Waals surface area contributed by atoms with Gasteiger partial charge in [-0.3, -0.25) is 4.79 Å². The van der Waals surface area contributed by atoms with Gasteiger partial charge in [0.1, 0.15) is 5.78 Å². The van der Waals surface area contributed by atoms with E-state index in [1.54, 1.807) is 6.92 Å². The fraction of sp³-hybridized carbons (Fsp3) is 0.471. The fourth-order valence-corrected chi connectivity index (χ4v) is 3.04. The summed E-state index contributed by atoms with van der Waals surface area (Å²) in [4.78, 5) is 11.5. The first kappa shape index (κ1) is 13.1. The number of hydrogen-bond donors (Lipinski definition) is 0. The second kappa shape index (κ2) is 5.09. The number of carbonyl (C=O) groups excluding carboxylic acids is 1. The predicted molar refractivity (Wildman–Crippen MR) is 76.2 cm³/mol. The van der Waals surface area contributed by atoms with Crippen molar-refractivity contribution in [3.8, 4) is 0 Å². The van der Waals surface area contributed by atoms with E-state index in [0.29, 0.717) is 11.7 Å². The Kier molecular flexibility index (Phi) is 3.70. The van der Waals surface area contributed by atoms with Gasteiger partial charge in [0.25, 0.3) is 0 Å². The molecule has 0 radical (unpaired) electrons. The van der Waals surface area contributed by atoms with Gasteiger partial charge < -0.3 is 0 Å². The van der Waals surface area contributed by atoms with Gasteiger partial charge in [-0.05, 0) is 36.7 Å². The third-order valence-electron chi connectivity index (χ3n) is 4.49. The SMILES string of the molecule is CC(=O)C1C[C@H](C/C=C\c2ccccc2)C1(C)C. The third-order valence-corrected chi connectivity index (χ3v) is 4.49. The van der Waals surface area contributed by atoms with Crippen molar-refractivity contribution in [2.75, 3.05) is 0 Å². The first-order valence-electron chi connectivity index (χ1n) is 6.74. The van der Waals surface area contributed by atoms with Gasteiger partial charge in [0, 0.05) is 5.92 Å². The predicted octanol–water partition coefficient (Wildman–Crippen LogP) is 4.34. The van der Waals surface area contributed by atoms with Crippen molar-refractivity contribution in [3.63, 3.8) is 0 Å². The molecular formula is C17H22O. The Labute approximate surface area is 110 Å². The van der Waals surface area contributed by atoms with Crippen LogP contribution in [0.4, 0.5) is 0 Å². The molecule has 0 aromatic heterocycles. The average molecular weight is 242 g/mol. The summed E-state index contributed by atoms with van der Waals surface area (Å²) < 4.78 is 0. The standard InChI is InChI=1S/C17H22O/c1-13(18)16-12-15(17(16,2)3)11-7-10-14-8-5-4-6-9-14/h4-10,15-16H,11-12H2,1-3H3/b10-7-/t15-,16?/m0/s1. The molecule has 0 aliphatic heterocycles. The number of hydrogen-bond acceptors (Lipinski definition) is 1. The van der Waals surface area contributed by atoms with E-state index in [-0.39, 0.29) is 11.3 Å². The number of allylic oxidation sites excluding steroid dienone is 1. The molecule has 1 aliphatic rings. The summed E-state index contributed by atoms with van der Waals surface area (Å²) in [6.45, 7) is 6.18. The highest BCUT2D eigenvalue weighted by atomic mass is 16.1. The van der Waals surface area contributed by atoms with Crippen molar-refractivity contribution in [1.82, 2.24) is 0 Å². The second-order valence-corrected chi connectivity index (χ2v) is 5.97. The zero-order chi connectivity index (χ0) is 13.2. The number of ketones is 1. The van der Waals surface area contributed by atoms with E-state index < -0.39 is 0 Å². The smallest absolute Gasteiger partial charge is 0.133 e. The Morgan fingerprint density at radius 2 is 2.00 bits per heavy atom. The van der Waals surface area contributed by atoms with Crippen LogP contribution in [0.1, 0.15) is 39.2 Å². The molecule has 0 bridgehead atoms. The van der Waals surface area contributed by atoms with Gasteiger partial charge in [-0.2, -0.15) is 0 Å². The summed E-state index contributed by atoms with van der Waals surface area (Å²) in [6, 6.07) is 10.4. The zero-order valence-electron chi connectivity index (χ0n) is 11.5. The lowest BCUT2D eigenvalue weighted by molar-refractivity contribution is -0.135. The summed E-state index contributed by atoms with van der Waals surface area (Å²) >= 11 is 0. The summed E-state index contributed by atoms with van der Waals surface area (Å²) in [5.74, 6) is 1.27. The molecule has 96 valence electrons. The number of rotatable bonds is 4. The quantitative estimate of drug-likeness (QED) is 0.767. The molecule has 2 rings (SSSR count). The van der Waals surface area contributed by atoms with Crippen LogP contribution in [-0.2, 0) is 4.79 Å². The first-order chi connectivity index (χ1) is 8.51. The van der Waals surface area contributed by atoms with Crippen molar-refractivity contribution < 1.29 is 4.79 Å². The van der Waals surface area contributed by atoms with Crippen LogP contribution in [0.25, 0.3) is 6.08 Å². The van der Waals surface area contributed by atoms with E-state index in [9.17, 15) is 4.79 Å². The Morgan fingerprint density at radius 1 is 1.33 bits per heavy atom. The van der Waals surface area contributed by atoms with E-state index >= 15 is 0 Å². The Balaban J connectivity index is 1.90. The topological polar surface area (TPSA) is 17.1 Å². The molecule has 1 aromatic rings. The molecule has 0 saturated heterocycles. The number of Topliss-reactive ketones (excluding diaryl/α,β-unsaturated/α-hetero) is 1. The van der Waals surface area contributed by atoms with Crippen LogP contribution in [0, 0.1) is 17.3 Å². The van der Waals surface area contributed by atoms with E-state index in [2.05, 4.69) is 50.3 Å². The van der Waals surface area contributed by atoms with E-state index in [1.807, 2.05) is 6.07 Å². The largest absolute Gasteiger partial charge is 0.300 e. The highest BCUT2D eigenvalue weighted by Crippen LogP contribution is 2.53. The summed E-state index contributed by atoms with van der Waals surface area (Å²) in [6.07, 6.45) is 6.56. The molecule has 0 heterocycles. The fourth-order valence-electron chi connectivity index (χ4n) is 3.04. The lowest BCUT2D eigenvalue weighted by Crippen LogP contribution is -2.47. The molecule has 1 saturated carbocycles. The average Bonchev–Trinajstić information content (AvgIpc) is 2.33. The van der Waals surface area contributed by atoms with Gasteiger partial charge in [0.15, 0.2) is 0 Å². The highest BCUT2D eigenvalue weighted by Gasteiger charge is 2.49. The summed E-state index contributed by atoms with van der Waals surface area (Å²) in [7, 11) is 0. The second-order valence-electron chi connectivity index (χ2n) is 5.97. The van der Waals surface area contributed by atoms with Crippen LogP contribution in [0.2, 0.25) is 0 Å². The maximum absolute atomic E-state index is 11.5. The summed E-state index contributed by atoms with van der Waals surface area (Å²) in [5, 5.41) is 0. The Morgan fingerprint density at radius 3 is 2.56 bits per heavy atom. The summed E-state index contributed by atoms with van der Waals surface area (Å²) in [5.41, 5.74) is 1.42. The Bertz CT molecular complexity index is 442. The molecule has 1 aromatic carbocycles. The molecule has 0 amide bonds. The molecular weight excluding hydrogens is 220 g/mol. The Hall–Kier alpha value is -1.37. The molecule has 0 N–H and O–H groups in total. The van der Waals surface area contributed by atoms with E-state index in [0.717, 1.165) is 12.8 Å². The minimum absolute atomic E-state index is 0.173. The highest BCUT2D eigenvalue weighted by molar-refractivity contribution is 5.80. The molecule has 1 unspecified atom stereocenters. The maximum atomic E-state index is 11.5. The lowest BCUT2D eigenvalue weighted by Gasteiger charge is -2.51. The minimum atomic E-state index is 0.173. The molecule has 1 heteroatoms. The van der Waals surface area contributed by atoms with Crippen LogP contribution in [0.5, 0.6) is 0 Å². The van der Waals surface area contributed by atoms with Gasteiger partial charge in [0.2, 0.25) is 0 Å². The molecule has 0 spiro atoms. The van der Waals surface area contributed by atoms with Crippen molar-refractivity contribution in [1.29, 1.82) is 0 Å². The van der Waals surface area contributed by atoms with Gasteiger partial charge in [-0.1, -0.05) is 56.3 Å². The van der Waals surface area contributed by atoms with Gasteiger partial charge in [-0.25, -0.2) is 0 Å². The van der Waals surface area contributed by atoms with Crippen molar-refractivity contribution in [2.45, 2.75) is 33.6 Å². The zero-order valence-corrected chi connectivity index (χ0v) is 11.5. The van der Waals surface area contributed by atoms with Crippen molar-refractivity contribution >= 4 is 11.9 Å². The molecule has 1 aliphatic carbocycles. The van der Waals surface area contributed by atoms with Crippen LogP contribution in [-0.4, -0.2) is 5.78 Å². The van der Waals surface area contributed by atoms with Crippen LogP contribution < -0.4 is 0 Å². The molecule has 1 nitrogen and oxygen atoms in total. The lowest BCUT2D eigenvalue weighted by atomic mass is 9.53. The molecule has 18 heavy (non-hydrogen) atoms. The first-order valence-corrected chi connectivity index (χ1v) is 6.74. The monoisotopic (exact) mass is 242 g/mol. The third kappa shape index (κ3) is 2.55. The van der Waals surface area contributed by atoms with Crippen molar-refractivity contribution in [3.05, 3.63) is 42.0 Å². The number of benzene rings is 1. The molecule has 1 fully saturated rings. The minimum Gasteiger partial charge on any atom is -0.300 e. The van der Waals surface area contributed by atoms with Gasteiger partial charge in [-0.15, -0.1) is 0 Å². The normalized spacial score (nSPS) is 25.9. The van der Waals surface area contributed by atoms with E-state index in [4.69, 9.17) is 0 Å². The molecule has 2 atom stereocenters. The van der Waals surface area contributed by atoms with Crippen LogP contribution in [0.15, 0.2) is 36.4 Å². The van der Waals surface area contributed by atoms with Crippen molar-refractivity contribution in [2.24, 2.45) is 17.3 Å².